The van der Waals surface area contributed by atoms with E-state index in [1.807, 2.05) is 0 Å². The van der Waals surface area contributed by atoms with Gasteiger partial charge in [-0.15, -0.1) is 0 Å². The molecule has 26 valence electrons. The summed E-state index contributed by atoms with van der Waals surface area (Å²) in [5.41, 5.74) is 0. The Morgan fingerprint density at radius 2 is 0.500 bits per heavy atom. The Bertz CT molecular complexity index is 7.51. The van der Waals surface area contributed by atoms with E-state index in [1.165, 1.54) is 0 Å². The first-order valence-electron chi connectivity index (χ1n) is 0. The van der Waals surface area contributed by atoms with Gasteiger partial charge >= 0.3 is 29.6 Å². The van der Waals surface area contributed by atoms with Crippen LogP contribution in [-0.4, -0.2) is 73.4 Å². The van der Waals surface area contributed by atoms with Gasteiger partial charge in [-0.2, -0.15) is 0 Å². The Balaban J connectivity index is 0. The molecular weight excluding hydrogens is 154 g/mol. The van der Waals surface area contributed by atoms with Crippen molar-refractivity contribution in [2.45, 2.75) is 0 Å². The van der Waals surface area contributed by atoms with Gasteiger partial charge in [0.25, 0.3) is 0 Å². The van der Waals surface area contributed by atoms with Gasteiger partial charge in [-0.05, 0) is 0 Å². The van der Waals surface area contributed by atoms with Gasteiger partial charge < -0.3 is 0 Å². The first-order chi connectivity index (χ1) is 0. The summed E-state index contributed by atoms with van der Waals surface area (Å²) in [6, 6.07) is 0. The van der Waals surface area contributed by atoms with E-state index in [9.17, 15) is 0 Å². The van der Waals surface area contributed by atoms with Crippen LogP contribution in [0.15, 0.2) is 0 Å². The van der Waals surface area contributed by atoms with Crippen molar-refractivity contribution in [2.24, 2.45) is 0 Å². The molecule has 0 N–H and O–H groups in total. The fourth-order valence-corrected chi connectivity index (χ4v) is 0. The molecule has 0 aliphatic heterocycles. The van der Waals surface area contributed by atoms with E-state index in [1.54, 1.807) is 0 Å². The van der Waals surface area contributed by atoms with Crippen LogP contribution < -0.4 is 0 Å². The molecule has 0 aromatic rings. The predicted molar refractivity (Wildman–Crippen MR) is 32.7 cm³/mol. The van der Waals surface area contributed by atoms with Crippen molar-refractivity contribution in [3.05, 3.63) is 0 Å². The third-order valence-corrected chi connectivity index (χ3v) is 0. The number of halogens is 1. The van der Waals surface area contributed by atoms with Crippen molar-refractivity contribution in [3.8, 4) is 0 Å². The second-order valence-electron chi connectivity index (χ2n) is 0. The second kappa shape index (κ2) is 70.7. The fourth-order valence-electron chi connectivity index (χ4n) is 0. The minimum atomic E-state index is 0. The molecule has 0 unspecified atom stereocenters. The molecule has 0 aliphatic rings. The standard InChI is InChI=1S/FH.Na.4Si.H/h1H;;;;;;. The van der Waals surface area contributed by atoms with Crippen molar-refractivity contribution in [1.29, 1.82) is 0 Å². The van der Waals surface area contributed by atoms with Crippen LogP contribution in [-0.2, 0) is 0 Å². The van der Waals surface area contributed by atoms with E-state index >= 15 is 0 Å². The van der Waals surface area contributed by atoms with Crippen LogP contribution in [0, 0.1) is 0 Å². The van der Waals surface area contributed by atoms with Gasteiger partial charge in [0.15, 0.2) is 0 Å². The average molecular weight is 156 g/mol. The van der Waals surface area contributed by atoms with Crippen molar-refractivity contribution >= 4 is 73.4 Å². The zero-order valence-electron chi connectivity index (χ0n) is 2.41. The number of hydrogen-bond acceptors (Lipinski definition) is 0. The third-order valence-electron chi connectivity index (χ3n) is 0. The molecule has 0 aromatic carbocycles. The minimum Gasteiger partial charge on any atom is 0 e. The maximum Gasteiger partial charge on any atom is 0 e. The Morgan fingerprint density at radius 1 is 0.500 bits per heavy atom. The molecular formula is H2FNaSi4. The van der Waals surface area contributed by atoms with E-state index in [0.29, 0.717) is 0 Å². The summed E-state index contributed by atoms with van der Waals surface area (Å²) < 4.78 is 0. The third kappa shape index (κ3) is 41.3. The Hall–Kier alpha value is 1.80. The minimum absolute atomic E-state index is 0. The Kier molecular flexibility index (Phi) is 1310. The van der Waals surface area contributed by atoms with Crippen LogP contribution in [0.25, 0.3) is 0 Å². The largest absolute Gasteiger partial charge is 0 e. The molecule has 0 heterocycles. The van der Waals surface area contributed by atoms with Crippen molar-refractivity contribution in [2.75, 3.05) is 0 Å². The van der Waals surface area contributed by atoms with Crippen LogP contribution >= 0.6 is 0 Å². The zero-order chi connectivity index (χ0) is 0. The maximum atomic E-state index is 0. The quantitative estimate of drug-likeness (QED) is 0.355. The van der Waals surface area contributed by atoms with Crippen molar-refractivity contribution in [3.63, 3.8) is 0 Å². The van der Waals surface area contributed by atoms with Crippen LogP contribution in [0.1, 0.15) is 0 Å². The summed E-state index contributed by atoms with van der Waals surface area (Å²) in [6.45, 7) is 0. The smallest absolute Gasteiger partial charge is 0 e. The van der Waals surface area contributed by atoms with Gasteiger partial charge in [-0.25, -0.2) is 0 Å². The summed E-state index contributed by atoms with van der Waals surface area (Å²) in [4.78, 5) is 0. The van der Waals surface area contributed by atoms with Gasteiger partial charge in [0.1, 0.15) is 0 Å². The molecule has 0 amide bonds. The molecule has 6 heteroatoms. The zero-order valence-corrected chi connectivity index (χ0v) is 6.41. The summed E-state index contributed by atoms with van der Waals surface area (Å²) >= 11 is 0. The van der Waals surface area contributed by atoms with Gasteiger partial charge in [-0.1, -0.05) is 0 Å². The van der Waals surface area contributed by atoms with Crippen molar-refractivity contribution < 1.29 is 4.70 Å². The van der Waals surface area contributed by atoms with Crippen LogP contribution in [0.5, 0.6) is 0 Å². The van der Waals surface area contributed by atoms with Crippen molar-refractivity contribution in [1.82, 2.24) is 0 Å². The van der Waals surface area contributed by atoms with Crippen LogP contribution in [0.4, 0.5) is 4.70 Å². The first-order valence-corrected chi connectivity index (χ1v) is 0. The molecule has 0 aromatic heterocycles. The molecule has 0 saturated heterocycles. The molecule has 0 fully saturated rings. The first kappa shape index (κ1) is 112. The molecule has 0 spiro atoms. The van der Waals surface area contributed by atoms with E-state index in [-0.39, 0.29) is 78.1 Å². The van der Waals surface area contributed by atoms with Gasteiger partial charge in [0.2, 0.25) is 0 Å². The maximum absolute atomic E-state index is 0. The Labute approximate surface area is 77.6 Å². The predicted octanol–water partition coefficient (Wildman–Crippen LogP) is -2.02. The van der Waals surface area contributed by atoms with Gasteiger partial charge in [0, 0.05) is 43.9 Å². The SMILES string of the molecule is F.[NaH].[Si].[Si].[Si].[Si]. The van der Waals surface area contributed by atoms with Gasteiger partial charge in [-0.3, -0.25) is 4.70 Å². The average Bonchev–Trinajstić information content (AvgIpc) is 0. The topological polar surface area (TPSA) is 0 Å². The summed E-state index contributed by atoms with van der Waals surface area (Å²) in [7, 11) is 0. The van der Waals surface area contributed by atoms with E-state index < -0.39 is 0 Å². The number of hydrogen-bond donors (Lipinski definition) is 0. The fraction of sp³-hybridized carbons (Fsp3) is 0. The Morgan fingerprint density at radius 3 is 0.500 bits per heavy atom. The van der Waals surface area contributed by atoms with Gasteiger partial charge in [0.05, 0.1) is 0 Å². The molecule has 16 radical (unpaired) electrons. The normalized spacial score (nSPS) is 0. The molecule has 6 heavy (non-hydrogen) atoms. The van der Waals surface area contributed by atoms with E-state index in [0.717, 1.165) is 0 Å². The molecule has 0 rings (SSSR count). The van der Waals surface area contributed by atoms with E-state index in [2.05, 4.69) is 0 Å². The van der Waals surface area contributed by atoms with E-state index in [4.69, 9.17) is 0 Å². The molecule has 0 saturated carbocycles. The summed E-state index contributed by atoms with van der Waals surface area (Å²) in [6.07, 6.45) is 0. The second-order valence-corrected chi connectivity index (χ2v) is 0. The molecule has 0 aliphatic carbocycles. The molecule has 0 nitrogen and oxygen atoms in total. The number of rotatable bonds is 0. The molecule has 0 atom stereocenters. The van der Waals surface area contributed by atoms with Crippen LogP contribution in [0.2, 0.25) is 0 Å². The summed E-state index contributed by atoms with van der Waals surface area (Å²) in [5.74, 6) is 0. The molecule has 0 bridgehead atoms. The van der Waals surface area contributed by atoms with Crippen LogP contribution in [0.3, 0.4) is 0 Å². The summed E-state index contributed by atoms with van der Waals surface area (Å²) in [5, 5.41) is 0. The monoisotopic (exact) mass is 156 g/mol.